The predicted octanol–water partition coefficient (Wildman–Crippen LogP) is 3.68. The van der Waals surface area contributed by atoms with Gasteiger partial charge in [0.1, 0.15) is 5.75 Å². The number of aromatic amines is 1. The normalized spacial score (nSPS) is 22.8. The second kappa shape index (κ2) is 7.70. The van der Waals surface area contributed by atoms with Gasteiger partial charge in [0.25, 0.3) is 0 Å². The molecule has 6 heteroatoms. The van der Waals surface area contributed by atoms with Crippen LogP contribution in [0.3, 0.4) is 0 Å². The maximum atomic E-state index is 12.9. The second-order valence-corrected chi connectivity index (χ2v) is 7.78. The molecule has 6 nitrogen and oxygen atoms in total. The van der Waals surface area contributed by atoms with Crippen molar-refractivity contribution >= 4 is 28.4 Å². The summed E-state index contributed by atoms with van der Waals surface area (Å²) in [6, 6.07) is 5.99. The van der Waals surface area contributed by atoms with Crippen LogP contribution in [0.1, 0.15) is 37.7 Å². The summed E-state index contributed by atoms with van der Waals surface area (Å²) in [5.41, 5.74) is 3.46. The lowest BCUT2D eigenvalue weighted by molar-refractivity contribution is -0.145. The van der Waals surface area contributed by atoms with Crippen LogP contribution in [0.25, 0.3) is 16.5 Å². The lowest BCUT2D eigenvalue weighted by atomic mass is 9.80. The Morgan fingerprint density at radius 2 is 2.07 bits per heavy atom. The molecule has 0 radical (unpaired) electrons. The molecule has 2 atom stereocenters. The summed E-state index contributed by atoms with van der Waals surface area (Å²) in [4.78, 5) is 29.4. The number of rotatable bonds is 4. The number of carboxylic acid groups (broad SMARTS) is 1. The van der Waals surface area contributed by atoms with Gasteiger partial charge in [0.05, 0.1) is 13.0 Å². The van der Waals surface area contributed by atoms with Crippen LogP contribution < -0.4 is 4.74 Å². The van der Waals surface area contributed by atoms with Gasteiger partial charge >= 0.3 is 5.97 Å². The van der Waals surface area contributed by atoms with E-state index < -0.39 is 5.97 Å². The van der Waals surface area contributed by atoms with Gasteiger partial charge in [-0.2, -0.15) is 0 Å². The van der Waals surface area contributed by atoms with Crippen molar-refractivity contribution in [3.63, 3.8) is 0 Å². The number of amides is 1. The number of benzene rings is 1. The molecule has 2 aromatic rings. The molecule has 2 N–H and O–H groups in total. The number of nitrogens with one attached hydrogen (secondary N) is 1. The van der Waals surface area contributed by atoms with E-state index in [-0.39, 0.29) is 17.7 Å². The van der Waals surface area contributed by atoms with Crippen LogP contribution in [-0.2, 0) is 9.59 Å². The van der Waals surface area contributed by atoms with Gasteiger partial charge in [-0.05, 0) is 49.5 Å². The van der Waals surface area contributed by atoms with Crippen LogP contribution in [0.15, 0.2) is 30.5 Å². The molecule has 1 amide bonds. The minimum absolute atomic E-state index is 0.113. The Morgan fingerprint density at radius 1 is 1.25 bits per heavy atom. The number of H-pyrrole nitrogens is 1. The van der Waals surface area contributed by atoms with Gasteiger partial charge in [-0.25, -0.2) is 0 Å². The molecule has 0 saturated heterocycles. The van der Waals surface area contributed by atoms with E-state index in [1.165, 1.54) is 5.57 Å². The zero-order valence-corrected chi connectivity index (χ0v) is 16.1. The maximum Gasteiger partial charge on any atom is 0.306 e. The molecule has 1 aromatic heterocycles. The summed E-state index contributed by atoms with van der Waals surface area (Å²) in [7, 11) is 1.66. The third-order valence-electron chi connectivity index (χ3n) is 6.13. The number of carbonyl (C=O) groups excluding carboxylic acids is 1. The smallest absolute Gasteiger partial charge is 0.306 e. The van der Waals surface area contributed by atoms with Crippen molar-refractivity contribution in [1.29, 1.82) is 0 Å². The van der Waals surface area contributed by atoms with Crippen molar-refractivity contribution in [2.75, 3.05) is 20.2 Å². The average molecular weight is 382 g/mol. The first-order valence-electron chi connectivity index (χ1n) is 9.93. The van der Waals surface area contributed by atoms with Gasteiger partial charge in [0.2, 0.25) is 5.91 Å². The zero-order valence-electron chi connectivity index (χ0n) is 16.1. The van der Waals surface area contributed by atoms with E-state index >= 15 is 0 Å². The molecule has 2 heterocycles. The Labute approximate surface area is 164 Å². The van der Waals surface area contributed by atoms with Gasteiger partial charge in [-0.15, -0.1) is 0 Å². The van der Waals surface area contributed by atoms with E-state index in [0.29, 0.717) is 25.9 Å². The Hall–Kier alpha value is -2.76. The van der Waals surface area contributed by atoms with Crippen molar-refractivity contribution in [3.05, 3.63) is 36.0 Å². The van der Waals surface area contributed by atoms with Crippen LogP contribution in [0.5, 0.6) is 5.75 Å². The number of hydrogen-bond acceptors (Lipinski definition) is 3. The topological polar surface area (TPSA) is 82.6 Å². The molecular weight excluding hydrogens is 356 g/mol. The number of ether oxygens (including phenoxy) is 1. The molecule has 1 fully saturated rings. The van der Waals surface area contributed by atoms with E-state index in [1.54, 1.807) is 7.11 Å². The molecule has 1 saturated carbocycles. The number of carboxylic acids is 1. The second-order valence-electron chi connectivity index (χ2n) is 7.78. The Balaban J connectivity index is 1.47. The molecular formula is C22H26N2O4. The fourth-order valence-electron chi connectivity index (χ4n) is 4.50. The molecule has 4 rings (SSSR count). The Kier molecular flexibility index (Phi) is 5.11. The first-order chi connectivity index (χ1) is 13.6. The van der Waals surface area contributed by atoms with Gasteiger partial charge < -0.3 is 19.7 Å². The van der Waals surface area contributed by atoms with Crippen molar-refractivity contribution in [1.82, 2.24) is 9.88 Å². The molecule has 1 aliphatic carbocycles. The third-order valence-corrected chi connectivity index (χ3v) is 6.13. The number of nitrogens with zero attached hydrogens (tertiary/aromatic N) is 1. The summed E-state index contributed by atoms with van der Waals surface area (Å²) < 4.78 is 5.35. The highest BCUT2D eigenvalue weighted by atomic mass is 16.5. The molecule has 28 heavy (non-hydrogen) atoms. The van der Waals surface area contributed by atoms with Crippen LogP contribution in [0, 0.1) is 11.8 Å². The monoisotopic (exact) mass is 382 g/mol. The third kappa shape index (κ3) is 3.51. The van der Waals surface area contributed by atoms with E-state index in [4.69, 9.17) is 4.74 Å². The zero-order chi connectivity index (χ0) is 19.7. The molecule has 148 valence electrons. The fourth-order valence-corrected chi connectivity index (χ4v) is 4.50. The number of carbonyl (C=O) groups is 2. The largest absolute Gasteiger partial charge is 0.497 e. The summed E-state index contributed by atoms with van der Waals surface area (Å²) in [6.45, 7) is 1.26. The highest BCUT2D eigenvalue weighted by Crippen LogP contribution is 2.34. The van der Waals surface area contributed by atoms with Gasteiger partial charge in [-0.1, -0.05) is 12.5 Å². The van der Waals surface area contributed by atoms with Gasteiger partial charge in [-0.3, -0.25) is 9.59 Å². The van der Waals surface area contributed by atoms with Crippen LogP contribution >= 0.6 is 0 Å². The molecule has 2 unspecified atom stereocenters. The van der Waals surface area contributed by atoms with Gasteiger partial charge in [0, 0.05) is 41.7 Å². The first-order valence-corrected chi connectivity index (χ1v) is 9.93. The first kappa shape index (κ1) is 18.6. The highest BCUT2D eigenvalue weighted by Gasteiger charge is 2.33. The SMILES string of the molecule is COc1ccc2[nH]cc(C3=CCN(C(=O)C4CCCC(C(=O)O)C4)CC3)c2c1. The van der Waals surface area contributed by atoms with Crippen LogP contribution in [0.4, 0.5) is 0 Å². The maximum absolute atomic E-state index is 12.9. The molecule has 0 spiro atoms. The Bertz CT molecular complexity index is 930. The average Bonchev–Trinajstić information content (AvgIpc) is 3.16. The number of aliphatic carboxylic acids is 1. The number of methoxy groups -OCH3 is 1. The minimum Gasteiger partial charge on any atom is -0.497 e. The van der Waals surface area contributed by atoms with Gasteiger partial charge in [0.15, 0.2) is 0 Å². The standard InChI is InChI=1S/C22H26N2O4/c1-28-17-5-6-20-18(12-17)19(13-23-20)14-7-9-24(10-8-14)21(25)15-3-2-4-16(11-15)22(26)27/h5-7,12-13,15-16,23H,2-4,8-11H2,1H3,(H,26,27). The molecule has 0 bridgehead atoms. The lowest BCUT2D eigenvalue weighted by Crippen LogP contribution is -2.41. The quantitative estimate of drug-likeness (QED) is 0.845. The summed E-state index contributed by atoms with van der Waals surface area (Å²) in [5, 5.41) is 10.4. The molecule has 1 aromatic carbocycles. The fraction of sp³-hybridized carbons (Fsp3) is 0.455. The van der Waals surface area contributed by atoms with E-state index in [9.17, 15) is 14.7 Å². The summed E-state index contributed by atoms with van der Waals surface area (Å²) in [6.07, 6.45) is 7.73. The summed E-state index contributed by atoms with van der Waals surface area (Å²) >= 11 is 0. The lowest BCUT2D eigenvalue weighted by Gasteiger charge is -2.33. The Morgan fingerprint density at radius 3 is 2.79 bits per heavy atom. The predicted molar refractivity (Wildman–Crippen MR) is 107 cm³/mol. The molecule has 2 aliphatic rings. The number of hydrogen-bond donors (Lipinski definition) is 2. The van der Waals surface area contributed by atoms with Crippen molar-refractivity contribution in [2.24, 2.45) is 11.8 Å². The van der Waals surface area contributed by atoms with Crippen LogP contribution in [-0.4, -0.2) is 47.1 Å². The minimum atomic E-state index is -0.770. The van der Waals surface area contributed by atoms with E-state index in [1.807, 2.05) is 29.3 Å². The molecule has 1 aliphatic heterocycles. The van der Waals surface area contributed by atoms with E-state index in [0.717, 1.165) is 41.5 Å². The van der Waals surface area contributed by atoms with E-state index in [2.05, 4.69) is 11.1 Å². The number of fused-ring (bicyclic) bond motifs is 1. The van der Waals surface area contributed by atoms with Crippen LogP contribution in [0.2, 0.25) is 0 Å². The van der Waals surface area contributed by atoms with Crippen molar-refractivity contribution < 1.29 is 19.4 Å². The van der Waals surface area contributed by atoms with Crippen molar-refractivity contribution in [2.45, 2.75) is 32.1 Å². The highest BCUT2D eigenvalue weighted by molar-refractivity contribution is 5.94. The summed E-state index contributed by atoms with van der Waals surface area (Å²) in [5.74, 6) is -0.358. The number of aromatic nitrogens is 1. The van der Waals surface area contributed by atoms with Crippen molar-refractivity contribution in [3.8, 4) is 5.75 Å².